The molecule has 0 bridgehead atoms. The van der Waals surface area contributed by atoms with Crippen molar-refractivity contribution in [3.63, 3.8) is 0 Å². The number of hydrogen-bond donors (Lipinski definition) is 0. The van der Waals surface area contributed by atoms with Gasteiger partial charge in [-0.1, -0.05) is 18.0 Å². The van der Waals surface area contributed by atoms with Crippen LogP contribution < -0.4 is 0 Å². The molecule has 2 amide bonds. The minimum Gasteiger partial charge on any atom is -0.360 e. The molecule has 1 aliphatic carbocycles. The van der Waals surface area contributed by atoms with Gasteiger partial charge in [-0.15, -0.1) is 0 Å². The molecule has 31 heavy (non-hydrogen) atoms. The molecule has 1 unspecified atom stereocenters. The van der Waals surface area contributed by atoms with Crippen LogP contribution in [0.25, 0.3) is 0 Å². The first kappa shape index (κ1) is 22.3. The molecule has 0 spiro atoms. The lowest BCUT2D eigenvalue weighted by atomic mass is 9.97. The normalized spacial score (nSPS) is 24.0. The minimum atomic E-state index is -3.75. The lowest BCUT2D eigenvalue weighted by Crippen LogP contribution is -2.54. The van der Waals surface area contributed by atoms with Crippen LogP contribution >= 0.6 is 0 Å². The highest BCUT2D eigenvalue weighted by Gasteiger charge is 2.38. The topological polar surface area (TPSA) is 104 Å². The smallest absolute Gasteiger partial charge is 0.248 e. The van der Waals surface area contributed by atoms with E-state index in [2.05, 4.69) is 5.16 Å². The van der Waals surface area contributed by atoms with Crippen molar-refractivity contribution in [3.8, 4) is 0 Å². The quantitative estimate of drug-likeness (QED) is 0.687. The Labute approximate surface area is 183 Å². The molecule has 2 saturated heterocycles. The van der Waals surface area contributed by atoms with E-state index >= 15 is 0 Å². The molecule has 2 aliphatic heterocycles. The molecule has 4 rings (SSSR count). The molecule has 3 aliphatic rings. The largest absolute Gasteiger partial charge is 0.360 e. The molecule has 172 valence electrons. The first-order valence-electron chi connectivity index (χ1n) is 11.3. The number of nitrogens with zero attached hydrogens (tertiary/aromatic N) is 4. The molecule has 1 atom stereocenters. The summed E-state index contributed by atoms with van der Waals surface area (Å²) in [6.07, 6.45) is 5.53. The fraction of sp³-hybridized carbons (Fsp3) is 0.762. The van der Waals surface area contributed by atoms with Crippen molar-refractivity contribution in [1.82, 2.24) is 19.3 Å². The third-order valence-corrected chi connectivity index (χ3v) is 9.02. The van der Waals surface area contributed by atoms with Crippen LogP contribution in [-0.2, 0) is 19.6 Å². The molecule has 1 saturated carbocycles. The monoisotopic (exact) mass is 452 g/mol. The Morgan fingerprint density at radius 2 is 1.42 bits per heavy atom. The maximum Gasteiger partial charge on any atom is 0.248 e. The van der Waals surface area contributed by atoms with E-state index in [1.165, 1.54) is 4.31 Å². The lowest BCUT2D eigenvalue weighted by molar-refractivity contribution is -0.144. The second-order valence-electron chi connectivity index (χ2n) is 8.99. The second kappa shape index (κ2) is 8.90. The standard InChI is InChI=1S/C21H32N4O5S/c1-15-19(16(2)30-22-15)31(28,29)25-9-5-8-18(14-25)21(27)24-12-10-23(11-13-24)20(26)17-6-3-4-7-17/h17-18H,3-14H2,1-2H3. The summed E-state index contributed by atoms with van der Waals surface area (Å²) in [5.41, 5.74) is 0.342. The summed E-state index contributed by atoms with van der Waals surface area (Å²) in [5, 5.41) is 3.77. The molecule has 3 heterocycles. The molecule has 0 aromatic carbocycles. The number of piperazine rings is 1. The summed E-state index contributed by atoms with van der Waals surface area (Å²) in [7, 11) is -3.75. The van der Waals surface area contributed by atoms with Crippen LogP contribution in [0, 0.1) is 25.7 Å². The molecular weight excluding hydrogens is 420 g/mol. The average molecular weight is 453 g/mol. The molecule has 1 aromatic heterocycles. The summed E-state index contributed by atoms with van der Waals surface area (Å²) in [6.45, 7) is 5.93. The summed E-state index contributed by atoms with van der Waals surface area (Å²) >= 11 is 0. The van der Waals surface area contributed by atoms with E-state index in [1.807, 2.05) is 4.90 Å². The summed E-state index contributed by atoms with van der Waals surface area (Å²) < 4.78 is 32.7. The van der Waals surface area contributed by atoms with Crippen LogP contribution in [0.15, 0.2) is 9.42 Å². The van der Waals surface area contributed by atoms with E-state index in [9.17, 15) is 18.0 Å². The fourth-order valence-electron chi connectivity index (χ4n) is 5.17. The average Bonchev–Trinajstić information content (AvgIpc) is 3.43. The van der Waals surface area contributed by atoms with Crippen molar-refractivity contribution >= 4 is 21.8 Å². The zero-order valence-corrected chi connectivity index (χ0v) is 19.2. The van der Waals surface area contributed by atoms with Gasteiger partial charge in [0.05, 0.1) is 5.92 Å². The summed E-state index contributed by atoms with van der Waals surface area (Å²) in [6, 6.07) is 0. The first-order chi connectivity index (χ1) is 14.8. The highest BCUT2D eigenvalue weighted by atomic mass is 32.2. The van der Waals surface area contributed by atoms with Crippen molar-refractivity contribution in [2.45, 2.75) is 57.3 Å². The second-order valence-corrected chi connectivity index (χ2v) is 10.9. The number of aromatic nitrogens is 1. The molecular formula is C21H32N4O5S. The number of sulfonamides is 1. The summed E-state index contributed by atoms with van der Waals surface area (Å²) in [4.78, 5) is 29.6. The Bertz CT molecular complexity index is 910. The Balaban J connectivity index is 1.37. The number of rotatable bonds is 4. The molecule has 1 aromatic rings. The fourth-order valence-corrected chi connectivity index (χ4v) is 6.99. The third-order valence-electron chi connectivity index (χ3n) is 6.91. The predicted octanol–water partition coefficient (Wildman–Crippen LogP) is 1.55. The minimum absolute atomic E-state index is 0.00775. The van der Waals surface area contributed by atoms with E-state index in [0.717, 1.165) is 25.7 Å². The van der Waals surface area contributed by atoms with Crippen LogP contribution in [-0.4, -0.2) is 78.8 Å². The zero-order chi connectivity index (χ0) is 22.2. The lowest BCUT2D eigenvalue weighted by Gasteiger charge is -2.39. The van der Waals surface area contributed by atoms with Gasteiger partial charge in [0.1, 0.15) is 10.6 Å². The van der Waals surface area contributed by atoms with Gasteiger partial charge in [0, 0.05) is 45.2 Å². The van der Waals surface area contributed by atoms with E-state index < -0.39 is 10.0 Å². The van der Waals surface area contributed by atoms with Gasteiger partial charge < -0.3 is 14.3 Å². The van der Waals surface area contributed by atoms with E-state index in [0.29, 0.717) is 51.3 Å². The van der Waals surface area contributed by atoms with Crippen molar-refractivity contribution in [2.24, 2.45) is 11.8 Å². The first-order valence-corrected chi connectivity index (χ1v) is 12.7. The maximum atomic E-state index is 13.1. The highest BCUT2D eigenvalue weighted by Crippen LogP contribution is 2.29. The van der Waals surface area contributed by atoms with Crippen molar-refractivity contribution in [2.75, 3.05) is 39.3 Å². The van der Waals surface area contributed by atoms with E-state index in [-0.39, 0.29) is 40.9 Å². The Hall–Kier alpha value is -1.94. The molecule has 9 nitrogen and oxygen atoms in total. The highest BCUT2D eigenvalue weighted by molar-refractivity contribution is 7.89. The van der Waals surface area contributed by atoms with Crippen LogP contribution in [0.5, 0.6) is 0 Å². The third kappa shape index (κ3) is 4.37. The Morgan fingerprint density at radius 1 is 0.871 bits per heavy atom. The molecule has 10 heteroatoms. The number of aryl methyl sites for hydroxylation is 2. The van der Waals surface area contributed by atoms with Gasteiger partial charge in [0.25, 0.3) is 0 Å². The molecule has 3 fully saturated rings. The number of piperidine rings is 1. The maximum absolute atomic E-state index is 13.1. The Morgan fingerprint density at radius 3 is 1.97 bits per heavy atom. The van der Waals surface area contributed by atoms with Crippen LogP contribution in [0.3, 0.4) is 0 Å². The van der Waals surface area contributed by atoms with Gasteiger partial charge in [-0.3, -0.25) is 9.59 Å². The van der Waals surface area contributed by atoms with E-state index in [1.54, 1.807) is 18.7 Å². The van der Waals surface area contributed by atoms with E-state index in [4.69, 9.17) is 4.52 Å². The van der Waals surface area contributed by atoms with Gasteiger partial charge in [0.15, 0.2) is 5.76 Å². The Kier molecular flexibility index (Phi) is 6.39. The van der Waals surface area contributed by atoms with Gasteiger partial charge >= 0.3 is 0 Å². The van der Waals surface area contributed by atoms with Crippen LogP contribution in [0.2, 0.25) is 0 Å². The van der Waals surface area contributed by atoms with Crippen molar-refractivity contribution in [1.29, 1.82) is 0 Å². The van der Waals surface area contributed by atoms with Gasteiger partial charge in [-0.05, 0) is 39.5 Å². The molecule has 0 N–H and O–H groups in total. The van der Waals surface area contributed by atoms with Crippen molar-refractivity contribution < 1.29 is 22.5 Å². The molecule has 0 radical (unpaired) electrons. The zero-order valence-electron chi connectivity index (χ0n) is 18.4. The number of hydrogen-bond acceptors (Lipinski definition) is 6. The van der Waals surface area contributed by atoms with Crippen LogP contribution in [0.1, 0.15) is 50.0 Å². The number of carbonyl (C=O) groups excluding carboxylic acids is 2. The SMILES string of the molecule is Cc1noc(C)c1S(=O)(=O)N1CCCC(C(=O)N2CCN(C(=O)C3CCCC3)CC2)C1. The summed E-state index contributed by atoms with van der Waals surface area (Å²) in [5.74, 6) is 0.296. The van der Waals surface area contributed by atoms with Gasteiger partial charge in [-0.25, -0.2) is 8.42 Å². The van der Waals surface area contributed by atoms with Gasteiger partial charge in [0.2, 0.25) is 21.8 Å². The van der Waals surface area contributed by atoms with Crippen LogP contribution in [0.4, 0.5) is 0 Å². The predicted molar refractivity (Wildman–Crippen MR) is 113 cm³/mol. The van der Waals surface area contributed by atoms with Gasteiger partial charge in [-0.2, -0.15) is 4.31 Å². The number of carbonyl (C=O) groups is 2. The number of amides is 2. The van der Waals surface area contributed by atoms with Crippen molar-refractivity contribution in [3.05, 3.63) is 11.5 Å².